The van der Waals surface area contributed by atoms with Gasteiger partial charge < -0.3 is 9.64 Å². The molecule has 0 radical (unpaired) electrons. The van der Waals surface area contributed by atoms with Gasteiger partial charge in [-0.3, -0.25) is 9.59 Å². The number of Topliss-reactive ketones (excluding diaryl/α,β-unsaturated/α-hetero) is 2. The van der Waals surface area contributed by atoms with Crippen LogP contribution < -0.4 is 15.3 Å². The van der Waals surface area contributed by atoms with E-state index in [9.17, 15) is 9.59 Å². The van der Waals surface area contributed by atoms with Crippen LogP contribution in [-0.2, 0) is 4.74 Å². The summed E-state index contributed by atoms with van der Waals surface area (Å²) < 4.78 is 5.83. The number of allylic oxidation sites excluding steroid dienone is 1. The molecule has 1 aromatic heterocycles. The fraction of sp³-hybridized carbons (Fsp3) is 0.118. The molecule has 1 spiro atoms. The third kappa shape index (κ3) is 3.40. The van der Waals surface area contributed by atoms with Crippen LogP contribution in [0.25, 0.3) is 16.8 Å². The van der Waals surface area contributed by atoms with Gasteiger partial charge >= 0.3 is 0 Å². The first-order chi connectivity index (χ1) is 19.6. The lowest BCUT2D eigenvalue weighted by Gasteiger charge is -2.45. The number of ether oxygens (including phenoxy) is 1. The highest BCUT2D eigenvalue weighted by molar-refractivity contribution is 7.17. The number of anilines is 3. The van der Waals surface area contributed by atoms with E-state index in [-0.39, 0.29) is 17.1 Å². The molecule has 0 N–H and O–H groups in total. The first-order valence-corrected chi connectivity index (χ1v) is 16.9. The zero-order chi connectivity index (χ0) is 26.8. The molecule has 0 amide bonds. The van der Waals surface area contributed by atoms with Gasteiger partial charge in [0.1, 0.15) is 13.1 Å². The van der Waals surface area contributed by atoms with Gasteiger partial charge in [-0.15, -0.1) is 11.3 Å². The third-order valence-corrected chi connectivity index (χ3v) is 14.7. The van der Waals surface area contributed by atoms with E-state index in [4.69, 9.17) is 4.74 Å². The summed E-state index contributed by atoms with van der Waals surface area (Å²) in [4.78, 5) is 30.0. The Hall–Kier alpha value is -4.10. The van der Waals surface area contributed by atoms with Gasteiger partial charge in [-0.05, 0) is 75.7 Å². The summed E-state index contributed by atoms with van der Waals surface area (Å²) in [6.07, 6.45) is 1.78. The van der Waals surface area contributed by atoms with Gasteiger partial charge in [0.25, 0.3) is 0 Å². The third-order valence-electron chi connectivity index (χ3n) is 8.65. The number of carbonyl (C=O) groups is 2. The molecule has 4 aromatic carbocycles. The molecule has 3 heterocycles. The number of hydrogen-bond donors (Lipinski definition) is 0. The number of ketones is 2. The summed E-state index contributed by atoms with van der Waals surface area (Å²) in [7, 11) is -1.95. The predicted octanol–water partition coefficient (Wildman–Crippen LogP) is 6.74. The second-order valence-corrected chi connectivity index (χ2v) is 16.0. The molecule has 40 heavy (non-hydrogen) atoms. The summed E-state index contributed by atoms with van der Waals surface area (Å²) in [5, 5.41) is 5.94. The number of carbonyl (C=O) groups excluding carboxylic acids is 2. The van der Waals surface area contributed by atoms with Crippen molar-refractivity contribution in [3.05, 3.63) is 119 Å². The quantitative estimate of drug-likeness (QED) is 0.138. The van der Waals surface area contributed by atoms with E-state index in [1.54, 1.807) is 17.4 Å². The van der Waals surface area contributed by atoms with Crippen molar-refractivity contribution in [2.24, 2.45) is 0 Å². The minimum atomic E-state index is -1.95. The number of rotatable bonds is 2. The fourth-order valence-corrected chi connectivity index (χ4v) is 12.5. The van der Waals surface area contributed by atoms with Crippen molar-refractivity contribution in [3.63, 3.8) is 0 Å². The van der Waals surface area contributed by atoms with Crippen LogP contribution in [0.4, 0.5) is 16.4 Å². The number of thiophene rings is 1. The maximum absolute atomic E-state index is 13.4. The Balaban J connectivity index is 1.21. The highest BCUT2D eigenvalue weighted by Crippen LogP contribution is 2.44. The van der Waals surface area contributed by atoms with Crippen molar-refractivity contribution in [1.29, 1.82) is 0 Å². The number of benzene rings is 4. The van der Waals surface area contributed by atoms with Crippen LogP contribution in [0.5, 0.6) is 0 Å². The van der Waals surface area contributed by atoms with Crippen molar-refractivity contribution >= 4 is 74.6 Å². The number of hydrogen-bond acceptors (Lipinski definition) is 5. The molecule has 6 heteroatoms. The summed E-state index contributed by atoms with van der Waals surface area (Å²) in [5.41, 5.74) is 3.72. The second kappa shape index (κ2) is 8.96. The molecule has 3 aliphatic rings. The lowest BCUT2D eigenvalue weighted by atomic mass is 10.0. The average Bonchev–Trinajstić information content (AvgIpc) is 3.55. The molecule has 2 aliphatic heterocycles. The molecule has 4 nitrogen and oxygen atoms in total. The van der Waals surface area contributed by atoms with Crippen LogP contribution >= 0.6 is 11.3 Å². The first kappa shape index (κ1) is 23.8. The zero-order valence-electron chi connectivity index (χ0n) is 21.7. The fourth-order valence-electron chi connectivity index (χ4n) is 6.74. The van der Waals surface area contributed by atoms with E-state index in [1.807, 2.05) is 42.5 Å². The van der Waals surface area contributed by atoms with Crippen LogP contribution in [0.1, 0.15) is 25.6 Å². The van der Waals surface area contributed by atoms with Crippen molar-refractivity contribution < 1.29 is 14.3 Å². The van der Waals surface area contributed by atoms with Crippen LogP contribution in [0.3, 0.4) is 0 Å². The van der Waals surface area contributed by atoms with E-state index in [0.29, 0.717) is 11.1 Å². The summed E-state index contributed by atoms with van der Waals surface area (Å²) >= 11 is 1.61. The molecule has 8 rings (SSSR count). The average molecular weight is 556 g/mol. The van der Waals surface area contributed by atoms with Gasteiger partial charge in [0.2, 0.25) is 0 Å². The number of fused-ring (bicyclic) bond motifs is 6. The summed E-state index contributed by atoms with van der Waals surface area (Å²) in [6, 6.07) is 35.5. The Morgan fingerprint density at radius 2 is 1.25 bits per heavy atom. The lowest BCUT2D eigenvalue weighted by molar-refractivity contribution is 0.0990. The molecule has 1 aliphatic carbocycles. The monoisotopic (exact) mass is 555 g/mol. The first-order valence-electron chi connectivity index (χ1n) is 13.6. The van der Waals surface area contributed by atoms with Gasteiger partial charge in [-0.2, -0.15) is 0 Å². The highest BCUT2D eigenvalue weighted by atomic mass is 32.1. The topological polar surface area (TPSA) is 46.6 Å². The summed E-state index contributed by atoms with van der Waals surface area (Å²) in [5.74, 6) is -0.386. The maximum Gasteiger partial charge on any atom is 0.197 e. The molecule has 1 saturated heterocycles. The highest BCUT2D eigenvalue weighted by Gasteiger charge is 2.46. The molecule has 1 fully saturated rings. The van der Waals surface area contributed by atoms with Crippen molar-refractivity contribution in [2.75, 3.05) is 18.1 Å². The largest absolute Gasteiger partial charge is 0.382 e. The van der Waals surface area contributed by atoms with Crippen molar-refractivity contribution in [1.82, 2.24) is 0 Å². The molecule has 0 atom stereocenters. The van der Waals surface area contributed by atoms with Crippen LogP contribution in [0.15, 0.2) is 103 Å². The minimum absolute atomic E-state index is 0.193. The molecular formula is C34H25NO3SSi. The Labute approximate surface area is 237 Å². The molecule has 0 unspecified atom stereocenters. The standard InChI is InChI=1S/C34H25NO3SSi/c36-33-25-19-22-7-1-2-8-23(22)20-26(25)34(37)27(33)21-24-13-14-32(39-24)35-28-9-3-5-11-30(28)40(17-15-38-16-18-40)31-12-6-4-10-29(31)35/h1-14,19-21H,15-18H2. The maximum atomic E-state index is 13.4. The van der Waals surface area contributed by atoms with Crippen LogP contribution in [0, 0.1) is 0 Å². The molecule has 5 aromatic rings. The van der Waals surface area contributed by atoms with Gasteiger partial charge in [-0.25, -0.2) is 0 Å². The Bertz CT molecular complexity index is 1790. The Morgan fingerprint density at radius 1 is 0.700 bits per heavy atom. The second-order valence-electron chi connectivity index (χ2n) is 10.7. The van der Waals surface area contributed by atoms with Crippen LogP contribution in [-0.4, -0.2) is 32.9 Å². The van der Waals surface area contributed by atoms with E-state index < -0.39 is 8.07 Å². The van der Waals surface area contributed by atoms with Gasteiger partial charge in [0.15, 0.2) is 11.6 Å². The molecular weight excluding hydrogens is 531 g/mol. The smallest absolute Gasteiger partial charge is 0.197 e. The van der Waals surface area contributed by atoms with Crippen LogP contribution in [0.2, 0.25) is 12.1 Å². The molecule has 0 bridgehead atoms. The Kier molecular flexibility index (Phi) is 5.32. The predicted molar refractivity (Wildman–Crippen MR) is 165 cm³/mol. The van der Waals surface area contributed by atoms with E-state index in [2.05, 4.69) is 59.5 Å². The SMILES string of the molecule is O=C1C(=Cc2ccc(N3c4ccccc4[Si]4(CCOCC4)c4ccccc43)s2)C(=O)c2cc3ccccc3cc21. The van der Waals surface area contributed by atoms with Gasteiger partial charge in [-0.1, -0.05) is 60.7 Å². The molecule has 0 saturated carbocycles. The zero-order valence-corrected chi connectivity index (χ0v) is 23.5. The van der Waals surface area contributed by atoms with E-state index in [1.165, 1.54) is 21.7 Å². The Morgan fingerprint density at radius 3 is 1.85 bits per heavy atom. The summed E-state index contributed by atoms with van der Waals surface area (Å²) in [6.45, 7) is 1.62. The van der Waals surface area contributed by atoms with Gasteiger partial charge in [0, 0.05) is 40.6 Å². The van der Waals surface area contributed by atoms with E-state index >= 15 is 0 Å². The normalized spacial score (nSPS) is 17.2. The molecule has 194 valence electrons. The lowest BCUT2D eigenvalue weighted by Crippen LogP contribution is -2.64. The van der Waals surface area contributed by atoms with Crippen molar-refractivity contribution in [2.45, 2.75) is 12.1 Å². The van der Waals surface area contributed by atoms with Gasteiger partial charge in [0.05, 0.1) is 5.57 Å². The minimum Gasteiger partial charge on any atom is -0.382 e. The van der Waals surface area contributed by atoms with E-state index in [0.717, 1.165) is 46.0 Å². The number of para-hydroxylation sites is 2. The number of nitrogens with zero attached hydrogens (tertiary/aromatic N) is 1. The van der Waals surface area contributed by atoms with Crippen molar-refractivity contribution in [3.8, 4) is 0 Å².